The van der Waals surface area contributed by atoms with Crippen LogP contribution in [0.5, 0.6) is 0 Å². The molecule has 0 atom stereocenters. The fourth-order valence-corrected chi connectivity index (χ4v) is 5.65. The summed E-state index contributed by atoms with van der Waals surface area (Å²) < 4.78 is 0. The topological polar surface area (TPSA) is 63.2 Å². The number of hydrogen-bond acceptors (Lipinski definition) is 4. The van der Waals surface area contributed by atoms with E-state index in [0.29, 0.717) is 33.6 Å². The lowest BCUT2D eigenvalue weighted by molar-refractivity contribution is 0.0802. The average molecular weight is 413 g/mol. The van der Waals surface area contributed by atoms with Gasteiger partial charge in [-0.25, -0.2) is 0 Å². The van der Waals surface area contributed by atoms with Crippen LogP contribution in [0.2, 0.25) is 0 Å². The second-order valence-electron chi connectivity index (χ2n) is 8.41. The minimum atomic E-state index is -1.70. The van der Waals surface area contributed by atoms with Gasteiger partial charge in [0.25, 0.3) is 0 Å². The predicted octanol–water partition coefficient (Wildman–Crippen LogP) is 5.19. The Morgan fingerprint density at radius 1 is 0.594 bits per heavy atom. The van der Waals surface area contributed by atoms with Gasteiger partial charge in [-0.3, -0.25) is 14.4 Å². The van der Waals surface area contributed by atoms with Crippen LogP contribution in [0.25, 0.3) is 16.5 Å². The molecule has 32 heavy (non-hydrogen) atoms. The van der Waals surface area contributed by atoms with Crippen molar-refractivity contribution in [3.8, 4) is 0 Å². The summed E-state index contributed by atoms with van der Waals surface area (Å²) in [6.45, 7) is 0. The number of fused-ring (bicyclic) bond motifs is 8. The Hall–Kier alpha value is -4.31. The summed E-state index contributed by atoms with van der Waals surface area (Å²) in [5.74, 6) is -0.923. The molecule has 0 radical (unpaired) electrons. The van der Waals surface area contributed by atoms with Crippen molar-refractivity contribution >= 4 is 39.5 Å². The van der Waals surface area contributed by atoms with E-state index >= 15 is 0 Å². The highest BCUT2D eigenvalue weighted by molar-refractivity contribution is 6.43. The summed E-state index contributed by atoms with van der Waals surface area (Å²) in [5, 5.41) is 5.12. The molecule has 0 amide bonds. The lowest BCUT2D eigenvalue weighted by Gasteiger charge is -2.36. The van der Waals surface area contributed by atoms with Crippen molar-refractivity contribution in [3.63, 3.8) is 0 Å². The smallest absolute Gasteiger partial charge is 0.193 e. The molecule has 1 N–H and O–H groups in total. The van der Waals surface area contributed by atoms with Crippen molar-refractivity contribution in [1.29, 1.82) is 0 Å². The fraction of sp³-hybridized carbons (Fsp3) is 0.0357. The van der Waals surface area contributed by atoms with Gasteiger partial charge in [0.05, 0.1) is 11.3 Å². The first-order valence-electron chi connectivity index (χ1n) is 10.5. The molecule has 0 aromatic heterocycles. The van der Waals surface area contributed by atoms with Crippen molar-refractivity contribution < 1.29 is 14.4 Å². The van der Waals surface area contributed by atoms with Gasteiger partial charge in [0.1, 0.15) is 0 Å². The van der Waals surface area contributed by atoms with E-state index in [1.54, 1.807) is 36.4 Å². The summed E-state index contributed by atoms with van der Waals surface area (Å²) in [7, 11) is 0. The van der Waals surface area contributed by atoms with Crippen LogP contribution in [-0.2, 0) is 5.41 Å². The number of anilines is 1. The number of nitrogens with one attached hydrogen (secondary N) is 1. The van der Waals surface area contributed by atoms with E-state index in [2.05, 4.69) is 5.32 Å². The molecule has 0 bridgehead atoms. The molecule has 150 valence electrons. The molecule has 4 aromatic carbocycles. The molecule has 1 heterocycles. The molecule has 7 rings (SSSR count). The third-order valence-corrected chi connectivity index (χ3v) is 6.95. The summed E-state index contributed by atoms with van der Waals surface area (Å²) in [6.07, 6.45) is 0. The quantitative estimate of drug-likeness (QED) is 0.403. The molecule has 0 saturated carbocycles. The van der Waals surface area contributed by atoms with Crippen LogP contribution in [0.4, 0.5) is 5.69 Å². The normalized spacial score (nSPS) is 17.3. The number of hydrogen-bond donors (Lipinski definition) is 1. The van der Waals surface area contributed by atoms with Gasteiger partial charge in [0.2, 0.25) is 0 Å². The Kier molecular flexibility index (Phi) is 3.08. The maximum atomic E-state index is 14.2. The molecule has 0 fully saturated rings. The van der Waals surface area contributed by atoms with E-state index in [1.807, 2.05) is 48.5 Å². The van der Waals surface area contributed by atoms with Crippen LogP contribution in [0.3, 0.4) is 0 Å². The number of allylic oxidation sites excluding steroid dienone is 1. The summed E-state index contributed by atoms with van der Waals surface area (Å²) >= 11 is 0. The first-order valence-corrected chi connectivity index (χ1v) is 10.5. The molecular formula is C28H15NO3. The molecule has 0 unspecified atom stereocenters. The minimum Gasteiger partial charge on any atom is -0.354 e. The zero-order valence-electron chi connectivity index (χ0n) is 16.8. The van der Waals surface area contributed by atoms with Gasteiger partial charge in [-0.05, 0) is 16.8 Å². The monoisotopic (exact) mass is 413 g/mol. The third-order valence-electron chi connectivity index (χ3n) is 6.95. The molecule has 4 nitrogen and oxygen atoms in total. The SMILES string of the molecule is O=C1C2=C(Nc3ccc4ccccc4c3C23C(=O)c2ccccc2C3=O)c2ccccc21. The molecule has 0 saturated heterocycles. The van der Waals surface area contributed by atoms with E-state index in [1.165, 1.54) is 0 Å². The fourth-order valence-electron chi connectivity index (χ4n) is 5.65. The minimum absolute atomic E-state index is 0.244. The molecular weight excluding hydrogens is 398 g/mol. The number of carbonyl (C=O) groups is 3. The number of Topliss-reactive ketones (excluding diaryl/α,β-unsaturated/α-hetero) is 3. The van der Waals surface area contributed by atoms with Crippen molar-refractivity contribution in [3.05, 3.63) is 118 Å². The number of ketones is 3. The second kappa shape index (κ2) is 5.68. The number of rotatable bonds is 0. The van der Waals surface area contributed by atoms with E-state index in [0.717, 1.165) is 16.3 Å². The van der Waals surface area contributed by atoms with Crippen LogP contribution in [0.1, 0.15) is 42.2 Å². The highest BCUT2D eigenvalue weighted by atomic mass is 16.2. The van der Waals surface area contributed by atoms with Gasteiger partial charge >= 0.3 is 0 Å². The Morgan fingerprint density at radius 3 is 1.91 bits per heavy atom. The van der Waals surface area contributed by atoms with E-state index in [4.69, 9.17) is 0 Å². The summed E-state index contributed by atoms with van der Waals surface area (Å²) in [6, 6.07) is 25.7. The van der Waals surface area contributed by atoms with Crippen LogP contribution in [-0.4, -0.2) is 17.3 Å². The summed E-state index contributed by atoms with van der Waals surface area (Å²) in [4.78, 5) is 42.2. The Bertz CT molecular complexity index is 1570. The van der Waals surface area contributed by atoms with Crippen molar-refractivity contribution in [2.75, 3.05) is 5.32 Å². The summed E-state index contributed by atoms with van der Waals surface area (Å²) in [5.41, 5.74) is 2.33. The van der Waals surface area contributed by atoms with Gasteiger partial charge in [-0.1, -0.05) is 78.9 Å². The largest absolute Gasteiger partial charge is 0.354 e. The zero-order valence-corrected chi connectivity index (χ0v) is 16.8. The van der Waals surface area contributed by atoms with Crippen molar-refractivity contribution in [1.82, 2.24) is 0 Å². The van der Waals surface area contributed by atoms with Crippen LogP contribution in [0, 0.1) is 0 Å². The molecule has 4 heteroatoms. The van der Waals surface area contributed by atoms with Gasteiger partial charge in [-0.2, -0.15) is 0 Å². The first-order chi connectivity index (χ1) is 15.6. The van der Waals surface area contributed by atoms with Crippen LogP contribution < -0.4 is 5.32 Å². The number of carbonyl (C=O) groups excluding carboxylic acids is 3. The standard InChI is InChI=1S/C28H15NO3/c30-25-18-10-4-3-9-17(18)24-23(25)28(26(31)19-11-5-6-12-20(19)27(28)32)22-16-8-2-1-7-15(16)13-14-21(22)29-24/h1-14,29H. The molecule has 2 aliphatic carbocycles. The van der Waals surface area contributed by atoms with Gasteiger partial charge < -0.3 is 5.32 Å². The highest BCUT2D eigenvalue weighted by Gasteiger charge is 2.63. The van der Waals surface area contributed by atoms with Crippen molar-refractivity contribution in [2.24, 2.45) is 0 Å². The van der Waals surface area contributed by atoms with E-state index in [-0.39, 0.29) is 22.9 Å². The van der Waals surface area contributed by atoms with Gasteiger partial charge in [0, 0.05) is 33.5 Å². The molecule has 3 aliphatic rings. The number of benzene rings is 4. The van der Waals surface area contributed by atoms with E-state index in [9.17, 15) is 14.4 Å². The van der Waals surface area contributed by atoms with Gasteiger partial charge in [-0.15, -0.1) is 0 Å². The van der Waals surface area contributed by atoms with Crippen molar-refractivity contribution in [2.45, 2.75) is 5.41 Å². The van der Waals surface area contributed by atoms with Crippen LogP contribution in [0.15, 0.2) is 90.5 Å². The Balaban J connectivity index is 1.68. The molecule has 4 aromatic rings. The lowest BCUT2D eigenvalue weighted by atomic mass is 9.65. The Morgan fingerprint density at radius 2 is 1.19 bits per heavy atom. The lowest BCUT2D eigenvalue weighted by Crippen LogP contribution is -2.45. The van der Waals surface area contributed by atoms with Crippen LogP contribution >= 0.6 is 0 Å². The van der Waals surface area contributed by atoms with Gasteiger partial charge in [0.15, 0.2) is 22.8 Å². The predicted molar refractivity (Wildman–Crippen MR) is 122 cm³/mol. The second-order valence-corrected chi connectivity index (χ2v) is 8.41. The first kappa shape index (κ1) is 17.4. The maximum absolute atomic E-state index is 14.2. The molecule has 1 aliphatic heterocycles. The zero-order chi connectivity index (χ0) is 21.6. The third kappa shape index (κ3) is 1.78. The Labute approximate surface area is 183 Å². The highest BCUT2D eigenvalue weighted by Crippen LogP contribution is 2.57. The molecule has 1 spiro atoms. The maximum Gasteiger partial charge on any atom is 0.193 e. The van der Waals surface area contributed by atoms with E-state index < -0.39 is 5.41 Å². The average Bonchev–Trinajstić information content (AvgIpc) is 3.24.